The van der Waals surface area contributed by atoms with Gasteiger partial charge in [-0.1, -0.05) is 0 Å². The third-order valence-corrected chi connectivity index (χ3v) is 4.17. The molecule has 122 valence electrons. The van der Waals surface area contributed by atoms with E-state index in [0.29, 0.717) is 6.61 Å². The average molecular weight is 306 g/mol. The summed E-state index contributed by atoms with van der Waals surface area (Å²) in [7, 11) is 0. The summed E-state index contributed by atoms with van der Waals surface area (Å²) in [6, 6.07) is 7.21. The van der Waals surface area contributed by atoms with Crippen molar-refractivity contribution in [3.8, 4) is 5.75 Å². The Bertz CT molecular complexity index is 475. The van der Waals surface area contributed by atoms with Gasteiger partial charge in [0, 0.05) is 18.8 Å². The van der Waals surface area contributed by atoms with Gasteiger partial charge in [0.1, 0.15) is 5.75 Å². The fraction of sp³-hybridized carbons (Fsp3) is 0.588. The molecule has 1 aliphatic rings. The molecule has 2 atom stereocenters. The lowest BCUT2D eigenvalue weighted by Gasteiger charge is -2.35. The van der Waals surface area contributed by atoms with Gasteiger partial charge in [-0.15, -0.1) is 0 Å². The molecule has 2 N–H and O–H groups in total. The number of piperidine rings is 1. The number of hydrogen-bond donors (Lipinski definition) is 2. The van der Waals surface area contributed by atoms with Crippen LogP contribution >= 0.6 is 0 Å². The SMILES string of the molecule is CCOc1ccc(NC(=O)C(C)N2CCCC(CO)C2)cc1. The van der Waals surface area contributed by atoms with Gasteiger partial charge in [-0.25, -0.2) is 0 Å². The summed E-state index contributed by atoms with van der Waals surface area (Å²) in [5, 5.41) is 12.2. The van der Waals surface area contributed by atoms with E-state index in [1.54, 1.807) is 0 Å². The van der Waals surface area contributed by atoms with Gasteiger partial charge in [0.25, 0.3) is 0 Å². The first-order valence-corrected chi connectivity index (χ1v) is 8.02. The lowest BCUT2D eigenvalue weighted by atomic mass is 9.97. The van der Waals surface area contributed by atoms with Crippen LogP contribution in [0.5, 0.6) is 5.75 Å². The molecule has 1 aromatic rings. The van der Waals surface area contributed by atoms with Crippen LogP contribution < -0.4 is 10.1 Å². The molecule has 1 aliphatic heterocycles. The predicted molar refractivity (Wildman–Crippen MR) is 87.1 cm³/mol. The number of anilines is 1. The first-order valence-electron chi connectivity index (χ1n) is 8.02. The van der Waals surface area contributed by atoms with Crippen LogP contribution in [-0.4, -0.2) is 48.3 Å². The van der Waals surface area contributed by atoms with Crippen molar-refractivity contribution in [1.29, 1.82) is 0 Å². The Hall–Kier alpha value is -1.59. The lowest BCUT2D eigenvalue weighted by Crippen LogP contribution is -2.47. The minimum absolute atomic E-state index is 0.0113. The number of aliphatic hydroxyl groups is 1. The van der Waals surface area contributed by atoms with Crippen LogP contribution in [0.2, 0.25) is 0 Å². The highest BCUT2D eigenvalue weighted by Gasteiger charge is 2.27. The normalized spacial score (nSPS) is 20.4. The molecule has 1 heterocycles. The molecule has 0 radical (unpaired) electrons. The summed E-state index contributed by atoms with van der Waals surface area (Å²) in [6.07, 6.45) is 2.08. The first kappa shape index (κ1) is 16.8. The number of ether oxygens (including phenoxy) is 1. The Morgan fingerprint density at radius 3 is 2.82 bits per heavy atom. The Morgan fingerprint density at radius 1 is 1.45 bits per heavy atom. The van der Waals surface area contributed by atoms with Gasteiger partial charge in [0.05, 0.1) is 12.6 Å². The minimum Gasteiger partial charge on any atom is -0.494 e. The Morgan fingerprint density at radius 2 is 2.18 bits per heavy atom. The third-order valence-electron chi connectivity index (χ3n) is 4.17. The number of aliphatic hydroxyl groups excluding tert-OH is 1. The van der Waals surface area contributed by atoms with Crippen molar-refractivity contribution >= 4 is 11.6 Å². The number of likely N-dealkylation sites (tertiary alicyclic amines) is 1. The second-order valence-corrected chi connectivity index (χ2v) is 5.81. The average Bonchev–Trinajstić information content (AvgIpc) is 2.56. The number of carbonyl (C=O) groups excluding carboxylic acids is 1. The van der Waals surface area contributed by atoms with E-state index in [-0.39, 0.29) is 24.5 Å². The molecule has 2 rings (SSSR count). The highest BCUT2D eigenvalue weighted by atomic mass is 16.5. The van der Waals surface area contributed by atoms with E-state index in [1.807, 2.05) is 38.1 Å². The molecule has 5 nitrogen and oxygen atoms in total. The molecular weight excluding hydrogens is 280 g/mol. The van der Waals surface area contributed by atoms with Crippen LogP contribution in [0.25, 0.3) is 0 Å². The third kappa shape index (κ3) is 4.45. The molecule has 5 heteroatoms. The molecule has 0 aromatic heterocycles. The molecule has 22 heavy (non-hydrogen) atoms. The molecule has 0 saturated carbocycles. The minimum atomic E-state index is -0.194. The Labute approximate surface area is 132 Å². The fourth-order valence-electron chi connectivity index (χ4n) is 2.81. The summed E-state index contributed by atoms with van der Waals surface area (Å²) in [5.74, 6) is 1.08. The topological polar surface area (TPSA) is 61.8 Å². The van der Waals surface area contributed by atoms with Gasteiger partial charge in [-0.05, 0) is 63.4 Å². The van der Waals surface area contributed by atoms with E-state index in [9.17, 15) is 9.90 Å². The van der Waals surface area contributed by atoms with Gasteiger partial charge >= 0.3 is 0 Å². The zero-order chi connectivity index (χ0) is 15.9. The van der Waals surface area contributed by atoms with Crippen molar-refractivity contribution in [2.24, 2.45) is 5.92 Å². The van der Waals surface area contributed by atoms with Crippen LogP contribution in [0.3, 0.4) is 0 Å². The molecule has 1 aromatic carbocycles. The van der Waals surface area contributed by atoms with Crippen molar-refractivity contribution < 1.29 is 14.6 Å². The van der Waals surface area contributed by atoms with Crippen molar-refractivity contribution in [2.45, 2.75) is 32.7 Å². The second-order valence-electron chi connectivity index (χ2n) is 5.81. The zero-order valence-electron chi connectivity index (χ0n) is 13.4. The van der Waals surface area contributed by atoms with E-state index in [4.69, 9.17) is 4.74 Å². The number of nitrogens with one attached hydrogen (secondary N) is 1. The standard InChI is InChI=1S/C17H26N2O3/c1-3-22-16-8-6-15(7-9-16)18-17(21)13(2)19-10-4-5-14(11-19)12-20/h6-9,13-14,20H,3-5,10-12H2,1-2H3,(H,18,21). The fourth-order valence-corrected chi connectivity index (χ4v) is 2.81. The lowest BCUT2D eigenvalue weighted by molar-refractivity contribution is -0.121. The van der Waals surface area contributed by atoms with Crippen LogP contribution in [-0.2, 0) is 4.79 Å². The molecule has 0 aliphatic carbocycles. The number of benzene rings is 1. The van der Waals surface area contributed by atoms with Crippen LogP contribution in [0.4, 0.5) is 5.69 Å². The maximum atomic E-state index is 12.4. The van der Waals surface area contributed by atoms with E-state index in [1.165, 1.54) is 0 Å². The van der Waals surface area contributed by atoms with Gasteiger partial charge in [-0.2, -0.15) is 0 Å². The summed E-state index contributed by atoms with van der Waals surface area (Å²) < 4.78 is 5.39. The summed E-state index contributed by atoms with van der Waals surface area (Å²) >= 11 is 0. The number of carbonyl (C=O) groups is 1. The molecular formula is C17H26N2O3. The molecule has 0 bridgehead atoms. The molecule has 1 fully saturated rings. The predicted octanol–water partition coefficient (Wildman–Crippen LogP) is 2.12. The summed E-state index contributed by atoms with van der Waals surface area (Å²) in [5.41, 5.74) is 0.774. The maximum absolute atomic E-state index is 12.4. The number of hydrogen-bond acceptors (Lipinski definition) is 4. The van der Waals surface area contributed by atoms with E-state index >= 15 is 0 Å². The van der Waals surface area contributed by atoms with Crippen molar-refractivity contribution in [3.63, 3.8) is 0 Å². The van der Waals surface area contributed by atoms with Gasteiger partial charge in [0.2, 0.25) is 5.91 Å². The van der Waals surface area contributed by atoms with Gasteiger partial charge < -0.3 is 15.2 Å². The maximum Gasteiger partial charge on any atom is 0.241 e. The highest BCUT2D eigenvalue weighted by molar-refractivity contribution is 5.94. The summed E-state index contributed by atoms with van der Waals surface area (Å²) in [4.78, 5) is 14.5. The monoisotopic (exact) mass is 306 g/mol. The summed E-state index contributed by atoms with van der Waals surface area (Å²) in [6.45, 7) is 6.38. The number of rotatable bonds is 6. The van der Waals surface area contributed by atoms with Crippen LogP contribution in [0, 0.1) is 5.92 Å². The van der Waals surface area contributed by atoms with E-state index < -0.39 is 0 Å². The number of amides is 1. The Kier molecular flexibility index (Phi) is 6.21. The highest BCUT2D eigenvalue weighted by Crippen LogP contribution is 2.20. The first-order chi connectivity index (χ1) is 10.6. The Balaban J connectivity index is 1.90. The van der Waals surface area contributed by atoms with Gasteiger partial charge in [0.15, 0.2) is 0 Å². The molecule has 2 unspecified atom stereocenters. The molecule has 1 saturated heterocycles. The van der Waals surface area contributed by atoms with Crippen LogP contribution in [0.15, 0.2) is 24.3 Å². The largest absolute Gasteiger partial charge is 0.494 e. The van der Waals surface area contributed by atoms with Crippen LogP contribution in [0.1, 0.15) is 26.7 Å². The van der Waals surface area contributed by atoms with Crippen molar-refractivity contribution in [1.82, 2.24) is 4.90 Å². The smallest absolute Gasteiger partial charge is 0.241 e. The second kappa shape index (κ2) is 8.15. The quantitative estimate of drug-likeness (QED) is 0.845. The van der Waals surface area contributed by atoms with Crippen molar-refractivity contribution in [2.75, 3.05) is 31.6 Å². The van der Waals surface area contributed by atoms with Crippen molar-refractivity contribution in [3.05, 3.63) is 24.3 Å². The van der Waals surface area contributed by atoms with E-state index in [2.05, 4.69) is 10.2 Å². The van der Waals surface area contributed by atoms with Gasteiger partial charge in [-0.3, -0.25) is 9.69 Å². The molecule has 0 spiro atoms. The van der Waals surface area contributed by atoms with E-state index in [0.717, 1.165) is 37.4 Å². The zero-order valence-corrected chi connectivity index (χ0v) is 13.4. The number of nitrogens with zero attached hydrogens (tertiary/aromatic N) is 1. The molecule has 1 amide bonds.